The molecule has 1 aliphatic rings. The van der Waals surface area contributed by atoms with E-state index in [0.29, 0.717) is 18.3 Å². The molecule has 1 fully saturated rings. The fraction of sp³-hybridized carbons (Fsp3) is 0.438. The molecule has 3 rings (SSSR count). The molecule has 0 saturated carbocycles. The maximum Gasteiger partial charge on any atom is 0.269 e. The summed E-state index contributed by atoms with van der Waals surface area (Å²) in [5.41, 5.74) is 2.11. The summed E-state index contributed by atoms with van der Waals surface area (Å²) in [5, 5.41) is 9.99. The first-order chi connectivity index (χ1) is 10.8. The van der Waals surface area contributed by atoms with Crippen LogP contribution in [0.5, 0.6) is 0 Å². The second-order valence-electron chi connectivity index (χ2n) is 5.54. The van der Waals surface area contributed by atoms with Crippen LogP contribution < -0.4 is 5.32 Å². The van der Waals surface area contributed by atoms with Gasteiger partial charge in [0.15, 0.2) is 0 Å². The smallest absolute Gasteiger partial charge is 0.269 e. The molecule has 1 amide bonds. The maximum absolute atomic E-state index is 12.2. The Morgan fingerprint density at radius 3 is 3.23 bits per heavy atom. The topological polar surface area (TPSA) is 73.9 Å². The zero-order chi connectivity index (χ0) is 15.4. The van der Waals surface area contributed by atoms with Crippen molar-refractivity contribution >= 4 is 5.91 Å². The summed E-state index contributed by atoms with van der Waals surface area (Å²) in [6.45, 7) is 5.02. The minimum atomic E-state index is -0.106. The summed E-state index contributed by atoms with van der Waals surface area (Å²) >= 11 is 0. The van der Waals surface area contributed by atoms with Crippen LogP contribution in [0.15, 0.2) is 30.6 Å². The summed E-state index contributed by atoms with van der Waals surface area (Å²) in [6, 6.07) is 5.99. The van der Waals surface area contributed by atoms with E-state index in [2.05, 4.69) is 32.3 Å². The Hall–Kier alpha value is -2.21. The highest BCUT2D eigenvalue weighted by molar-refractivity contribution is 5.93. The van der Waals surface area contributed by atoms with Crippen LogP contribution in [0.3, 0.4) is 0 Å². The molecule has 1 aliphatic heterocycles. The molecule has 0 radical (unpaired) electrons. The molecule has 6 heteroatoms. The van der Waals surface area contributed by atoms with E-state index < -0.39 is 0 Å². The van der Waals surface area contributed by atoms with Gasteiger partial charge in [-0.2, -0.15) is 5.10 Å². The van der Waals surface area contributed by atoms with Crippen molar-refractivity contribution in [2.45, 2.75) is 25.8 Å². The number of likely N-dealkylation sites (tertiary alicyclic amines) is 1. The molecule has 2 N–H and O–H groups in total. The third-order valence-electron chi connectivity index (χ3n) is 4.18. The number of nitrogens with zero attached hydrogens (tertiary/aromatic N) is 3. The van der Waals surface area contributed by atoms with Gasteiger partial charge in [0.1, 0.15) is 5.69 Å². The molecule has 3 heterocycles. The summed E-state index contributed by atoms with van der Waals surface area (Å²) in [5.74, 6) is -0.106. The Bertz CT molecular complexity index is 624. The highest BCUT2D eigenvalue weighted by Crippen LogP contribution is 2.17. The number of nitrogens with one attached hydrogen (secondary N) is 2. The summed E-state index contributed by atoms with van der Waals surface area (Å²) < 4.78 is 0. The molecule has 22 heavy (non-hydrogen) atoms. The Labute approximate surface area is 129 Å². The highest BCUT2D eigenvalue weighted by atomic mass is 16.1. The van der Waals surface area contributed by atoms with Crippen LogP contribution in [-0.2, 0) is 0 Å². The normalized spacial score (nSPS) is 18.5. The quantitative estimate of drug-likeness (QED) is 0.881. The number of carbonyl (C=O) groups is 1. The lowest BCUT2D eigenvalue weighted by Gasteiger charge is -2.22. The lowest BCUT2D eigenvalue weighted by atomic mass is 10.2. The lowest BCUT2D eigenvalue weighted by molar-refractivity contribution is 0.0936. The molecule has 0 bridgehead atoms. The predicted molar refractivity (Wildman–Crippen MR) is 84.4 cm³/mol. The third-order valence-corrected chi connectivity index (χ3v) is 4.18. The molecule has 116 valence electrons. The van der Waals surface area contributed by atoms with Gasteiger partial charge in [-0.1, -0.05) is 6.92 Å². The fourth-order valence-electron chi connectivity index (χ4n) is 2.95. The van der Waals surface area contributed by atoms with Gasteiger partial charge in [-0.25, -0.2) is 0 Å². The largest absolute Gasteiger partial charge is 0.349 e. The van der Waals surface area contributed by atoms with Crippen LogP contribution in [0, 0.1) is 0 Å². The van der Waals surface area contributed by atoms with E-state index in [0.717, 1.165) is 30.8 Å². The number of amides is 1. The molecular weight excluding hydrogens is 278 g/mol. The standard InChI is InChI=1S/C16H21N5O/c1-2-21-8-4-6-13(21)11-18-16(22)15-9-14(19-20-15)12-5-3-7-17-10-12/h3,5,7,9-10,13H,2,4,6,8,11H2,1H3,(H,18,22)(H,19,20). The SMILES string of the molecule is CCN1CCCC1CNC(=O)c1cc(-c2cccnc2)n[nH]1. The van der Waals surface area contributed by atoms with Crippen molar-refractivity contribution < 1.29 is 4.79 Å². The number of likely N-dealkylation sites (N-methyl/N-ethyl adjacent to an activating group) is 1. The molecule has 0 aliphatic carbocycles. The molecule has 0 aromatic carbocycles. The van der Waals surface area contributed by atoms with Crippen molar-refractivity contribution in [3.05, 3.63) is 36.3 Å². The molecule has 6 nitrogen and oxygen atoms in total. The molecule has 1 atom stereocenters. The van der Waals surface area contributed by atoms with Gasteiger partial charge in [-0.15, -0.1) is 0 Å². The zero-order valence-electron chi connectivity index (χ0n) is 12.7. The van der Waals surface area contributed by atoms with Crippen LogP contribution in [0.4, 0.5) is 0 Å². The molecule has 1 saturated heterocycles. The Kier molecular flexibility index (Phi) is 4.48. The van der Waals surface area contributed by atoms with Crippen molar-refractivity contribution in [2.75, 3.05) is 19.6 Å². The first kappa shape index (κ1) is 14.7. The summed E-state index contributed by atoms with van der Waals surface area (Å²) in [6.07, 6.45) is 5.81. The van der Waals surface area contributed by atoms with Gasteiger partial charge >= 0.3 is 0 Å². The number of carbonyl (C=O) groups excluding carboxylic acids is 1. The number of hydrogen-bond acceptors (Lipinski definition) is 4. The van der Waals surface area contributed by atoms with Crippen molar-refractivity contribution in [1.82, 2.24) is 25.4 Å². The van der Waals surface area contributed by atoms with Gasteiger partial charge in [0.05, 0.1) is 5.69 Å². The number of rotatable bonds is 5. The van der Waals surface area contributed by atoms with Gasteiger partial charge in [0.2, 0.25) is 0 Å². The van der Waals surface area contributed by atoms with Gasteiger partial charge in [-0.05, 0) is 44.1 Å². The number of H-pyrrole nitrogens is 1. The van der Waals surface area contributed by atoms with Crippen LogP contribution in [0.2, 0.25) is 0 Å². The van der Waals surface area contributed by atoms with E-state index >= 15 is 0 Å². The van der Waals surface area contributed by atoms with Gasteiger partial charge < -0.3 is 5.32 Å². The number of aromatic amines is 1. The van der Waals surface area contributed by atoms with Gasteiger partial charge in [0, 0.05) is 30.5 Å². The van der Waals surface area contributed by atoms with Gasteiger partial charge in [-0.3, -0.25) is 19.8 Å². The third kappa shape index (κ3) is 3.17. The van der Waals surface area contributed by atoms with E-state index in [1.807, 2.05) is 12.1 Å². The first-order valence-electron chi connectivity index (χ1n) is 7.76. The molecular formula is C16H21N5O. The van der Waals surface area contributed by atoms with Crippen molar-refractivity contribution in [1.29, 1.82) is 0 Å². The summed E-state index contributed by atoms with van der Waals surface area (Å²) in [4.78, 5) is 18.7. The second kappa shape index (κ2) is 6.70. The van der Waals surface area contributed by atoms with Crippen LogP contribution in [0.25, 0.3) is 11.3 Å². The minimum absolute atomic E-state index is 0.106. The van der Waals surface area contributed by atoms with E-state index in [9.17, 15) is 4.79 Å². The lowest BCUT2D eigenvalue weighted by Crippen LogP contribution is -2.40. The number of pyridine rings is 1. The van der Waals surface area contributed by atoms with Crippen molar-refractivity contribution in [3.8, 4) is 11.3 Å². The second-order valence-corrected chi connectivity index (χ2v) is 5.54. The van der Waals surface area contributed by atoms with Crippen LogP contribution >= 0.6 is 0 Å². The Balaban J connectivity index is 1.60. The highest BCUT2D eigenvalue weighted by Gasteiger charge is 2.23. The molecule has 0 spiro atoms. The maximum atomic E-state index is 12.2. The van der Waals surface area contributed by atoms with Crippen molar-refractivity contribution in [2.24, 2.45) is 0 Å². The van der Waals surface area contributed by atoms with E-state index in [1.54, 1.807) is 18.5 Å². The first-order valence-corrected chi connectivity index (χ1v) is 7.76. The fourth-order valence-corrected chi connectivity index (χ4v) is 2.95. The van der Waals surface area contributed by atoms with E-state index in [1.165, 1.54) is 6.42 Å². The Morgan fingerprint density at radius 2 is 2.45 bits per heavy atom. The van der Waals surface area contributed by atoms with Crippen molar-refractivity contribution in [3.63, 3.8) is 0 Å². The summed E-state index contributed by atoms with van der Waals surface area (Å²) in [7, 11) is 0. The number of hydrogen-bond donors (Lipinski definition) is 2. The predicted octanol–water partition coefficient (Wildman–Crippen LogP) is 1.69. The van der Waals surface area contributed by atoms with Gasteiger partial charge in [0.25, 0.3) is 5.91 Å². The molecule has 2 aromatic rings. The average molecular weight is 299 g/mol. The molecule has 2 aromatic heterocycles. The zero-order valence-corrected chi connectivity index (χ0v) is 12.7. The van der Waals surface area contributed by atoms with Crippen LogP contribution in [-0.4, -0.2) is 51.7 Å². The van der Waals surface area contributed by atoms with E-state index in [4.69, 9.17) is 0 Å². The molecule has 1 unspecified atom stereocenters. The average Bonchev–Trinajstić information content (AvgIpc) is 3.22. The monoisotopic (exact) mass is 299 g/mol. The van der Waals surface area contributed by atoms with Crippen LogP contribution in [0.1, 0.15) is 30.3 Å². The van der Waals surface area contributed by atoms with E-state index in [-0.39, 0.29) is 5.91 Å². The minimum Gasteiger partial charge on any atom is -0.349 e. The number of aromatic nitrogens is 3. The Morgan fingerprint density at radius 1 is 1.55 bits per heavy atom.